The van der Waals surface area contributed by atoms with Crippen molar-refractivity contribution in [3.63, 3.8) is 0 Å². The molecule has 0 radical (unpaired) electrons. The molecule has 0 heterocycles. The van der Waals surface area contributed by atoms with E-state index in [0.717, 1.165) is 0 Å². The summed E-state index contributed by atoms with van der Waals surface area (Å²) in [5, 5.41) is 20.4. The molecule has 0 saturated heterocycles. The molecule has 0 aliphatic carbocycles. The van der Waals surface area contributed by atoms with Crippen molar-refractivity contribution in [2.24, 2.45) is 0 Å². The summed E-state index contributed by atoms with van der Waals surface area (Å²) in [6, 6.07) is 11.6. The molecule has 0 saturated carbocycles. The van der Waals surface area contributed by atoms with Crippen LogP contribution in [0.1, 0.15) is 27.0 Å². The fourth-order valence-electron chi connectivity index (χ4n) is 3.14. The Morgan fingerprint density at radius 1 is 0.964 bits per heavy atom. The third-order valence-corrected chi connectivity index (χ3v) is 4.47. The first-order valence-corrected chi connectivity index (χ1v) is 8.53. The summed E-state index contributed by atoms with van der Waals surface area (Å²) in [5.74, 6) is -1.88. The lowest BCUT2D eigenvalue weighted by molar-refractivity contribution is 0.103. The number of rotatable bonds is 6. The second-order valence-corrected chi connectivity index (χ2v) is 6.34. The highest BCUT2D eigenvalue weighted by Crippen LogP contribution is 2.42. The lowest BCUT2D eigenvalue weighted by Gasteiger charge is -2.18. The molecule has 0 atom stereocenters. The van der Waals surface area contributed by atoms with Gasteiger partial charge in [-0.2, -0.15) is 0 Å². The first kappa shape index (κ1) is 19.5. The van der Waals surface area contributed by atoms with E-state index in [9.17, 15) is 23.8 Å². The summed E-state index contributed by atoms with van der Waals surface area (Å²) in [5.41, 5.74) is 1.89. The Bertz CT molecular complexity index is 1030. The number of phenols is 2. The Balaban J connectivity index is 2.03. The molecule has 144 valence electrons. The van der Waals surface area contributed by atoms with E-state index in [1.54, 1.807) is 25.1 Å². The number of carbonyl (C=O) groups is 1. The Morgan fingerprint density at radius 3 is 2.29 bits per heavy atom. The van der Waals surface area contributed by atoms with Crippen LogP contribution in [0.4, 0.5) is 8.78 Å². The molecule has 0 aliphatic heterocycles. The van der Waals surface area contributed by atoms with Gasteiger partial charge in [0.2, 0.25) is 0 Å². The summed E-state index contributed by atoms with van der Waals surface area (Å²) in [6.07, 6.45) is 0.415. The van der Waals surface area contributed by atoms with Crippen LogP contribution in [0.2, 0.25) is 0 Å². The van der Waals surface area contributed by atoms with Crippen molar-refractivity contribution >= 4 is 6.29 Å². The minimum absolute atomic E-state index is 0.0688. The van der Waals surface area contributed by atoms with Crippen LogP contribution in [0.15, 0.2) is 48.5 Å². The third kappa shape index (κ3) is 3.87. The Labute approximate surface area is 160 Å². The van der Waals surface area contributed by atoms with E-state index in [4.69, 9.17) is 4.74 Å². The zero-order valence-corrected chi connectivity index (χ0v) is 15.1. The quantitative estimate of drug-likeness (QED) is 0.470. The number of carbonyl (C=O) groups excluding carboxylic acids is 1. The van der Waals surface area contributed by atoms with Gasteiger partial charge in [-0.05, 0) is 47.9 Å². The van der Waals surface area contributed by atoms with Crippen LogP contribution in [0.25, 0.3) is 11.1 Å². The maximum Gasteiger partial charge on any atom is 0.168 e. The molecule has 0 aromatic heterocycles. The van der Waals surface area contributed by atoms with Crippen LogP contribution in [0.3, 0.4) is 0 Å². The second-order valence-electron chi connectivity index (χ2n) is 6.34. The van der Waals surface area contributed by atoms with Crippen LogP contribution in [0, 0.1) is 18.6 Å². The molecule has 6 heteroatoms. The molecular formula is C22H18F2O4. The highest BCUT2D eigenvalue weighted by Gasteiger charge is 2.22. The standard InChI is InChI=1S/C22H18F2O4/c1-13-20(15-5-3-7-17(24)9-15)19(18(10-25)22(27)21(13)26)12-28-11-14-4-2-6-16(23)8-14/h2-10,26-27H,11-12H2,1H3. The molecule has 4 nitrogen and oxygen atoms in total. The average molecular weight is 384 g/mol. The number of phenolic OH excluding ortho intramolecular Hbond substituents is 2. The number of hydrogen-bond donors (Lipinski definition) is 2. The zero-order chi connectivity index (χ0) is 20.3. The molecule has 3 aromatic rings. The molecule has 3 aromatic carbocycles. The predicted octanol–water partition coefficient (Wildman–Crippen LogP) is 4.88. The van der Waals surface area contributed by atoms with E-state index >= 15 is 0 Å². The molecule has 0 aliphatic rings. The van der Waals surface area contributed by atoms with Crippen molar-refractivity contribution in [3.05, 3.63) is 82.4 Å². The third-order valence-electron chi connectivity index (χ3n) is 4.47. The summed E-state index contributed by atoms with van der Waals surface area (Å²) in [6.45, 7) is 1.52. The maximum absolute atomic E-state index is 13.7. The number of halogens is 2. The van der Waals surface area contributed by atoms with Gasteiger partial charge in [-0.25, -0.2) is 8.78 Å². The largest absolute Gasteiger partial charge is 0.504 e. The Morgan fingerprint density at radius 2 is 1.64 bits per heavy atom. The molecule has 28 heavy (non-hydrogen) atoms. The van der Waals surface area contributed by atoms with Gasteiger partial charge in [-0.15, -0.1) is 0 Å². The molecular weight excluding hydrogens is 366 g/mol. The molecule has 3 rings (SSSR count). The highest BCUT2D eigenvalue weighted by molar-refractivity contribution is 5.90. The highest BCUT2D eigenvalue weighted by atomic mass is 19.1. The van der Waals surface area contributed by atoms with Gasteiger partial charge in [-0.1, -0.05) is 24.3 Å². The minimum atomic E-state index is -0.558. The fourth-order valence-corrected chi connectivity index (χ4v) is 3.14. The SMILES string of the molecule is Cc1c(O)c(O)c(C=O)c(COCc2cccc(F)c2)c1-c1cccc(F)c1. The van der Waals surface area contributed by atoms with Crippen LogP contribution in [-0.4, -0.2) is 16.5 Å². The number of hydrogen-bond acceptors (Lipinski definition) is 4. The summed E-state index contributed by atoms with van der Waals surface area (Å²) in [7, 11) is 0. The smallest absolute Gasteiger partial charge is 0.168 e. The summed E-state index contributed by atoms with van der Waals surface area (Å²) >= 11 is 0. The van der Waals surface area contributed by atoms with Gasteiger partial charge in [0.05, 0.1) is 18.8 Å². The molecule has 0 spiro atoms. The Hall–Kier alpha value is -3.25. The van der Waals surface area contributed by atoms with Crippen molar-refractivity contribution in [2.45, 2.75) is 20.1 Å². The van der Waals surface area contributed by atoms with Gasteiger partial charge in [0.15, 0.2) is 17.8 Å². The lowest BCUT2D eigenvalue weighted by Crippen LogP contribution is -2.04. The fraction of sp³-hybridized carbons (Fsp3) is 0.136. The van der Waals surface area contributed by atoms with Gasteiger partial charge < -0.3 is 14.9 Å². The second kappa shape index (κ2) is 8.19. The van der Waals surface area contributed by atoms with Gasteiger partial charge >= 0.3 is 0 Å². The normalized spacial score (nSPS) is 10.8. The van der Waals surface area contributed by atoms with Crippen molar-refractivity contribution in [3.8, 4) is 22.6 Å². The van der Waals surface area contributed by atoms with Gasteiger partial charge in [-0.3, -0.25) is 4.79 Å². The van der Waals surface area contributed by atoms with Crippen molar-refractivity contribution in [1.82, 2.24) is 0 Å². The van der Waals surface area contributed by atoms with Crippen molar-refractivity contribution in [2.75, 3.05) is 0 Å². The van der Waals surface area contributed by atoms with E-state index in [-0.39, 0.29) is 24.3 Å². The molecule has 0 fully saturated rings. The van der Waals surface area contributed by atoms with Crippen LogP contribution in [0.5, 0.6) is 11.5 Å². The molecule has 0 unspecified atom stereocenters. The van der Waals surface area contributed by atoms with Crippen LogP contribution >= 0.6 is 0 Å². The molecule has 0 bridgehead atoms. The maximum atomic E-state index is 13.7. The van der Waals surface area contributed by atoms with E-state index in [0.29, 0.717) is 28.5 Å². The van der Waals surface area contributed by atoms with Gasteiger partial charge in [0, 0.05) is 11.1 Å². The number of aromatic hydroxyl groups is 2. The van der Waals surface area contributed by atoms with E-state index in [1.807, 2.05) is 0 Å². The van der Waals surface area contributed by atoms with Crippen molar-refractivity contribution in [1.29, 1.82) is 0 Å². The van der Waals surface area contributed by atoms with Gasteiger partial charge in [0.25, 0.3) is 0 Å². The molecule has 0 amide bonds. The van der Waals surface area contributed by atoms with Gasteiger partial charge in [0.1, 0.15) is 11.6 Å². The predicted molar refractivity (Wildman–Crippen MR) is 100 cm³/mol. The molecule has 2 N–H and O–H groups in total. The minimum Gasteiger partial charge on any atom is -0.504 e. The Kier molecular flexibility index (Phi) is 5.70. The summed E-state index contributed by atoms with van der Waals surface area (Å²) < 4.78 is 32.7. The lowest BCUT2D eigenvalue weighted by atomic mass is 9.90. The number of benzene rings is 3. The van der Waals surface area contributed by atoms with Crippen LogP contribution < -0.4 is 0 Å². The average Bonchev–Trinajstić information content (AvgIpc) is 2.67. The first-order valence-electron chi connectivity index (χ1n) is 8.53. The first-order chi connectivity index (χ1) is 13.4. The zero-order valence-electron chi connectivity index (χ0n) is 15.1. The van der Waals surface area contributed by atoms with E-state index < -0.39 is 23.1 Å². The van der Waals surface area contributed by atoms with Crippen molar-refractivity contribution < 1.29 is 28.5 Å². The number of ether oxygens (including phenoxy) is 1. The topological polar surface area (TPSA) is 66.8 Å². The monoisotopic (exact) mass is 384 g/mol. The number of aldehydes is 1. The van der Waals surface area contributed by atoms with E-state index in [1.165, 1.54) is 30.3 Å². The van der Waals surface area contributed by atoms with Crippen LogP contribution in [-0.2, 0) is 18.0 Å². The van der Waals surface area contributed by atoms with E-state index in [2.05, 4.69) is 0 Å². The summed E-state index contributed by atoms with van der Waals surface area (Å²) in [4.78, 5) is 11.6.